The maximum atomic E-state index is 13.3. The number of nitro groups is 1. The van der Waals surface area contributed by atoms with Gasteiger partial charge in [-0.15, -0.1) is 0 Å². The molecule has 25 heavy (non-hydrogen) atoms. The third-order valence-electron chi connectivity index (χ3n) is 6.86. The highest BCUT2D eigenvalue weighted by Crippen LogP contribution is 2.69. The van der Waals surface area contributed by atoms with E-state index in [1.54, 1.807) is 19.1 Å². The van der Waals surface area contributed by atoms with Crippen LogP contribution in [0, 0.1) is 39.2 Å². The van der Waals surface area contributed by atoms with Gasteiger partial charge in [0, 0.05) is 6.07 Å². The first-order chi connectivity index (χ1) is 11.6. The van der Waals surface area contributed by atoms with Gasteiger partial charge in [-0.2, -0.15) is 0 Å². The normalized spacial score (nSPS) is 38.6. The van der Waals surface area contributed by atoms with Crippen molar-refractivity contribution in [1.82, 2.24) is 0 Å². The van der Waals surface area contributed by atoms with Gasteiger partial charge < -0.3 is 5.32 Å². The number of hydrogen-bond acceptors (Lipinski definition) is 3. The summed E-state index contributed by atoms with van der Waals surface area (Å²) in [6.45, 7) is 6.39. The van der Waals surface area contributed by atoms with Crippen molar-refractivity contribution in [1.29, 1.82) is 0 Å². The second-order valence-electron chi connectivity index (χ2n) is 9.57. The van der Waals surface area contributed by atoms with Crippen molar-refractivity contribution in [2.45, 2.75) is 59.3 Å². The van der Waals surface area contributed by atoms with Crippen molar-refractivity contribution in [3.05, 3.63) is 33.9 Å². The molecule has 4 fully saturated rings. The minimum Gasteiger partial charge on any atom is -0.325 e. The number of benzene rings is 1. The molecule has 134 valence electrons. The van der Waals surface area contributed by atoms with Crippen LogP contribution in [0.15, 0.2) is 18.2 Å². The van der Waals surface area contributed by atoms with Crippen LogP contribution in [0.4, 0.5) is 11.4 Å². The van der Waals surface area contributed by atoms with Crippen LogP contribution in [-0.2, 0) is 4.79 Å². The molecule has 5 rings (SSSR count). The van der Waals surface area contributed by atoms with E-state index in [-0.39, 0.29) is 27.8 Å². The van der Waals surface area contributed by atoms with Crippen molar-refractivity contribution >= 4 is 17.3 Å². The van der Waals surface area contributed by atoms with Crippen LogP contribution in [0.5, 0.6) is 0 Å². The zero-order chi connectivity index (χ0) is 18.0. The fraction of sp³-hybridized carbons (Fsp3) is 0.650. The predicted molar refractivity (Wildman–Crippen MR) is 96.3 cm³/mol. The number of hydrogen-bond donors (Lipinski definition) is 1. The molecule has 0 radical (unpaired) electrons. The maximum absolute atomic E-state index is 13.3. The number of nitrogens with one attached hydrogen (secondary N) is 1. The summed E-state index contributed by atoms with van der Waals surface area (Å²) in [6.07, 6.45) is 6.58. The van der Waals surface area contributed by atoms with E-state index in [4.69, 9.17) is 0 Å². The molecule has 4 saturated carbocycles. The molecule has 0 saturated heterocycles. The van der Waals surface area contributed by atoms with Crippen LogP contribution in [0.2, 0.25) is 0 Å². The van der Waals surface area contributed by atoms with Gasteiger partial charge in [0.2, 0.25) is 5.91 Å². The van der Waals surface area contributed by atoms with Crippen molar-refractivity contribution in [3.8, 4) is 0 Å². The standard InChI is InChI=1S/C20H26N2O3/c1-13-15(5-4-6-16(13)22(24)25)21-17(23)20-9-14-7-18(2,11-20)10-19(3,8-14)12-20/h4-6,14H,7-12H2,1-3H3,(H,21,23). The van der Waals surface area contributed by atoms with Crippen LogP contribution in [-0.4, -0.2) is 10.8 Å². The molecule has 2 unspecified atom stereocenters. The molecular weight excluding hydrogens is 316 g/mol. The fourth-order valence-electron chi connectivity index (χ4n) is 6.91. The Morgan fingerprint density at radius 1 is 1.16 bits per heavy atom. The first-order valence-corrected chi connectivity index (χ1v) is 9.19. The van der Waals surface area contributed by atoms with Crippen molar-refractivity contribution in [2.75, 3.05) is 5.32 Å². The summed E-state index contributed by atoms with van der Waals surface area (Å²) in [5, 5.41) is 14.2. The molecule has 4 bridgehead atoms. The zero-order valence-corrected chi connectivity index (χ0v) is 15.2. The largest absolute Gasteiger partial charge is 0.325 e. The molecule has 5 nitrogen and oxygen atoms in total. The van der Waals surface area contributed by atoms with Crippen LogP contribution in [0.1, 0.15) is 57.9 Å². The van der Waals surface area contributed by atoms with Gasteiger partial charge in [0.05, 0.1) is 21.6 Å². The minimum atomic E-state index is -0.391. The highest BCUT2D eigenvalue weighted by molar-refractivity contribution is 5.96. The molecular formula is C20H26N2O3. The third kappa shape index (κ3) is 2.55. The van der Waals surface area contributed by atoms with E-state index in [2.05, 4.69) is 19.2 Å². The third-order valence-corrected chi connectivity index (χ3v) is 6.86. The Kier molecular flexibility index (Phi) is 3.35. The monoisotopic (exact) mass is 342 g/mol. The summed E-state index contributed by atoms with van der Waals surface area (Å²) in [7, 11) is 0. The van der Waals surface area contributed by atoms with E-state index in [1.807, 2.05) is 0 Å². The lowest BCUT2D eigenvalue weighted by Crippen LogP contribution is -2.58. The molecule has 0 heterocycles. The maximum Gasteiger partial charge on any atom is 0.274 e. The zero-order valence-electron chi connectivity index (χ0n) is 15.2. The summed E-state index contributed by atoms with van der Waals surface area (Å²) in [4.78, 5) is 24.1. The van der Waals surface area contributed by atoms with Crippen molar-refractivity contribution in [2.24, 2.45) is 22.2 Å². The van der Waals surface area contributed by atoms with Gasteiger partial charge in [-0.05, 0) is 68.3 Å². The SMILES string of the molecule is Cc1c(NC(=O)C23CC4CC(C)(CC(C)(C4)C2)C3)cccc1[N+](=O)[O-]. The molecule has 1 aromatic carbocycles. The second kappa shape index (κ2) is 5.05. The average molecular weight is 342 g/mol. The Morgan fingerprint density at radius 3 is 2.36 bits per heavy atom. The van der Waals surface area contributed by atoms with Gasteiger partial charge in [-0.3, -0.25) is 14.9 Å². The molecule has 1 amide bonds. The summed E-state index contributed by atoms with van der Waals surface area (Å²) < 4.78 is 0. The average Bonchev–Trinajstić information content (AvgIpc) is 2.45. The van der Waals surface area contributed by atoms with Crippen molar-refractivity contribution in [3.63, 3.8) is 0 Å². The topological polar surface area (TPSA) is 72.2 Å². The number of nitro benzene ring substituents is 1. The molecule has 0 aliphatic heterocycles. The lowest BCUT2D eigenvalue weighted by molar-refractivity contribution is -0.385. The summed E-state index contributed by atoms with van der Waals surface area (Å²) >= 11 is 0. The van der Waals surface area contributed by atoms with Gasteiger partial charge in [0.1, 0.15) is 0 Å². The molecule has 0 spiro atoms. The highest BCUT2D eigenvalue weighted by Gasteiger charge is 2.62. The van der Waals surface area contributed by atoms with Gasteiger partial charge in [-0.25, -0.2) is 0 Å². The summed E-state index contributed by atoms with van der Waals surface area (Å²) in [5.74, 6) is 0.709. The molecule has 0 aromatic heterocycles. The van der Waals surface area contributed by atoms with Crippen molar-refractivity contribution < 1.29 is 9.72 Å². The number of amides is 1. The van der Waals surface area contributed by atoms with E-state index >= 15 is 0 Å². The van der Waals surface area contributed by atoms with E-state index in [0.29, 0.717) is 17.2 Å². The Hall–Kier alpha value is -1.91. The number of nitrogens with zero attached hydrogens (tertiary/aromatic N) is 1. The molecule has 1 aromatic rings. The van der Waals surface area contributed by atoms with E-state index < -0.39 is 4.92 Å². The van der Waals surface area contributed by atoms with Gasteiger partial charge in [0.25, 0.3) is 5.69 Å². The van der Waals surface area contributed by atoms with Crippen LogP contribution >= 0.6 is 0 Å². The Balaban J connectivity index is 1.64. The fourth-order valence-corrected chi connectivity index (χ4v) is 6.91. The number of rotatable bonds is 3. The van der Waals surface area contributed by atoms with Crippen LogP contribution in [0.25, 0.3) is 0 Å². The first kappa shape index (κ1) is 16.6. The Bertz CT molecular complexity index is 754. The summed E-state index contributed by atoms with van der Waals surface area (Å²) in [6, 6.07) is 4.89. The smallest absolute Gasteiger partial charge is 0.274 e. The molecule has 4 aliphatic carbocycles. The molecule has 5 heteroatoms. The quantitative estimate of drug-likeness (QED) is 0.631. The van der Waals surface area contributed by atoms with E-state index in [9.17, 15) is 14.9 Å². The Labute approximate surface area is 148 Å². The van der Waals surface area contributed by atoms with Gasteiger partial charge in [0.15, 0.2) is 0 Å². The number of carbonyl (C=O) groups excluding carboxylic acids is 1. The predicted octanol–water partition coefficient (Wildman–Crippen LogP) is 4.84. The van der Waals surface area contributed by atoms with E-state index in [0.717, 1.165) is 19.3 Å². The molecule has 1 N–H and O–H groups in total. The molecule has 4 aliphatic rings. The highest BCUT2D eigenvalue weighted by atomic mass is 16.6. The lowest BCUT2D eigenvalue weighted by Gasteiger charge is -2.64. The lowest BCUT2D eigenvalue weighted by atomic mass is 9.40. The number of carbonyl (C=O) groups is 1. The van der Waals surface area contributed by atoms with Gasteiger partial charge >= 0.3 is 0 Å². The minimum absolute atomic E-state index is 0.0576. The summed E-state index contributed by atoms with van der Waals surface area (Å²) in [5.41, 5.74) is 1.39. The second-order valence-corrected chi connectivity index (χ2v) is 9.57. The number of anilines is 1. The van der Waals surface area contributed by atoms with Gasteiger partial charge in [-0.1, -0.05) is 19.9 Å². The molecule has 2 atom stereocenters. The van der Waals surface area contributed by atoms with Crippen LogP contribution < -0.4 is 5.32 Å². The van der Waals surface area contributed by atoms with Crippen LogP contribution in [0.3, 0.4) is 0 Å². The first-order valence-electron chi connectivity index (χ1n) is 9.19. The van der Waals surface area contributed by atoms with E-state index in [1.165, 1.54) is 25.3 Å². The Morgan fingerprint density at radius 2 is 1.80 bits per heavy atom.